The Kier molecular flexibility index (Phi) is 4.30. The van der Waals surface area contributed by atoms with Gasteiger partial charge in [-0.3, -0.25) is 4.79 Å². The molecule has 2 heterocycles. The number of carbonyl (C=O) groups excluding carboxylic acids is 1. The number of benzene rings is 1. The molecule has 1 aromatic heterocycles. The van der Waals surface area contributed by atoms with Crippen molar-refractivity contribution in [1.29, 1.82) is 0 Å². The van der Waals surface area contributed by atoms with E-state index in [-0.39, 0.29) is 28.8 Å². The van der Waals surface area contributed by atoms with Crippen LogP contribution in [0, 0.1) is 5.82 Å². The summed E-state index contributed by atoms with van der Waals surface area (Å²) in [6.45, 7) is 3.97. The molecule has 1 N–H and O–H groups in total. The largest absolute Gasteiger partial charge is 0.497 e. The average molecular weight is 335 g/mol. The molecule has 0 saturated carbocycles. The predicted octanol–water partition coefficient (Wildman–Crippen LogP) is 3.39. The lowest BCUT2D eigenvalue weighted by atomic mass is 10.1. The molecule has 0 fully saturated rings. The topological polar surface area (TPSA) is 56.1 Å². The first-order chi connectivity index (χ1) is 11.0. The molecule has 1 amide bonds. The second-order valence-electron chi connectivity index (χ2n) is 5.61. The third-order valence-electron chi connectivity index (χ3n) is 3.72. The molecule has 0 bridgehead atoms. The van der Waals surface area contributed by atoms with Crippen molar-refractivity contribution in [2.75, 3.05) is 18.2 Å². The van der Waals surface area contributed by atoms with Gasteiger partial charge in [-0.15, -0.1) is 11.8 Å². The number of nitrogens with one attached hydrogen (secondary N) is 1. The Bertz CT molecular complexity index is 745. The number of halogens is 1. The first kappa shape index (κ1) is 15.9. The van der Waals surface area contributed by atoms with Crippen LogP contribution in [0.15, 0.2) is 24.4 Å². The summed E-state index contributed by atoms with van der Waals surface area (Å²) in [5, 5.41) is 6.95. The number of hydrogen-bond donors (Lipinski definition) is 1. The molecule has 1 aliphatic rings. The van der Waals surface area contributed by atoms with Crippen LogP contribution in [-0.2, 0) is 4.79 Å². The van der Waals surface area contributed by atoms with Gasteiger partial charge in [0.15, 0.2) is 0 Å². The molecule has 0 spiro atoms. The van der Waals surface area contributed by atoms with Gasteiger partial charge in [-0.05, 0) is 19.9 Å². The van der Waals surface area contributed by atoms with Gasteiger partial charge in [0.25, 0.3) is 0 Å². The molecule has 1 aromatic carbocycles. The molecule has 7 heteroatoms. The lowest BCUT2D eigenvalue weighted by Gasteiger charge is -2.16. The Hall–Kier alpha value is -2.02. The molecule has 1 aliphatic heterocycles. The van der Waals surface area contributed by atoms with E-state index < -0.39 is 0 Å². The van der Waals surface area contributed by atoms with E-state index >= 15 is 0 Å². The van der Waals surface area contributed by atoms with E-state index in [1.54, 1.807) is 23.0 Å². The number of methoxy groups -OCH3 is 1. The van der Waals surface area contributed by atoms with Gasteiger partial charge in [0.1, 0.15) is 17.4 Å². The fourth-order valence-corrected chi connectivity index (χ4v) is 3.72. The Morgan fingerprint density at radius 2 is 2.22 bits per heavy atom. The predicted molar refractivity (Wildman–Crippen MR) is 88.5 cm³/mol. The monoisotopic (exact) mass is 335 g/mol. The van der Waals surface area contributed by atoms with Crippen LogP contribution >= 0.6 is 11.8 Å². The quantitative estimate of drug-likeness (QED) is 0.934. The van der Waals surface area contributed by atoms with E-state index in [4.69, 9.17) is 4.74 Å². The normalized spacial score (nSPS) is 17.6. The maximum atomic E-state index is 14.5. The molecule has 23 heavy (non-hydrogen) atoms. The molecule has 0 saturated heterocycles. The van der Waals surface area contributed by atoms with Crippen molar-refractivity contribution in [3.63, 3.8) is 0 Å². The fourth-order valence-electron chi connectivity index (χ4n) is 2.61. The summed E-state index contributed by atoms with van der Waals surface area (Å²) in [6, 6.07) is 4.90. The minimum absolute atomic E-state index is 0.100. The van der Waals surface area contributed by atoms with Crippen LogP contribution in [-0.4, -0.2) is 28.6 Å². The van der Waals surface area contributed by atoms with E-state index in [0.717, 1.165) is 5.56 Å². The number of nitrogens with zero attached hydrogens (tertiary/aromatic N) is 2. The fraction of sp³-hybridized carbons (Fsp3) is 0.375. The Morgan fingerprint density at radius 1 is 1.43 bits per heavy atom. The van der Waals surface area contributed by atoms with Crippen molar-refractivity contribution in [2.24, 2.45) is 0 Å². The molecule has 5 nitrogen and oxygen atoms in total. The van der Waals surface area contributed by atoms with E-state index in [0.29, 0.717) is 17.1 Å². The van der Waals surface area contributed by atoms with Gasteiger partial charge < -0.3 is 10.1 Å². The number of carbonyl (C=O) groups is 1. The van der Waals surface area contributed by atoms with Crippen LogP contribution in [0.3, 0.4) is 0 Å². The number of ether oxygens (including phenoxy) is 1. The Balaban J connectivity index is 2.09. The minimum Gasteiger partial charge on any atom is -0.497 e. The summed E-state index contributed by atoms with van der Waals surface area (Å²) in [5.41, 5.74) is 1.34. The molecule has 3 rings (SSSR count). The van der Waals surface area contributed by atoms with E-state index in [2.05, 4.69) is 10.4 Å². The van der Waals surface area contributed by atoms with Gasteiger partial charge >= 0.3 is 0 Å². The van der Waals surface area contributed by atoms with Gasteiger partial charge in [0.05, 0.1) is 24.3 Å². The first-order valence-corrected chi connectivity index (χ1v) is 8.38. The first-order valence-electron chi connectivity index (χ1n) is 7.33. The molecule has 2 aromatic rings. The van der Waals surface area contributed by atoms with Crippen molar-refractivity contribution < 1.29 is 13.9 Å². The van der Waals surface area contributed by atoms with Crippen molar-refractivity contribution in [1.82, 2.24) is 9.78 Å². The van der Waals surface area contributed by atoms with E-state index in [9.17, 15) is 9.18 Å². The summed E-state index contributed by atoms with van der Waals surface area (Å²) < 4.78 is 21.3. The lowest BCUT2D eigenvalue weighted by molar-refractivity contribution is -0.113. The van der Waals surface area contributed by atoms with Crippen LogP contribution in [0.25, 0.3) is 0 Å². The van der Waals surface area contributed by atoms with Crippen LogP contribution in [0.2, 0.25) is 0 Å². The Morgan fingerprint density at radius 3 is 2.87 bits per heavy atom. The van der Waals surface area contributed by atoms with Crippen molar-refractivity contribution in [3.8, 4) is 5.75 Å². The molecule has 1 atom stereocenters. The molecule has 122 valence electrons. The summed E-state index contributed by atoms with van der Waals surface area (Å²) in [7, 11) is 1.50. The van der Waals surface area contributed by atoms with Crippen LogP contribution in [0.1, 0.15) is 36.3 Å². The number of fused-ring (bicyclic) bond motifs is 1. The second-order valence-corrected chi connectivity index (χ2v) is 6.71. The standard InChI is InChI=1S/C16H18FN3O2S/c1-9(2)20-16-12(7-18-20)15(23-8-14(21)19-16)11-5-4-10(22-3)6-13(11)17/h4-7,9,15H,8H2,1-3H3,(H,19,21)/t15-/m0/s1. The van der Waals surface area contributed by atoms with Crippen LogP contribution in [0.4, 0.5) is 10.2 Å². The number of rotatable bonds is 3. The number of anilines is 1. The molecule has 0 aliphatic carbocycles. The zero-order chi connectivity index (χ0) is 16.6. The highest BCUT2D eigenvalue weighted by molar-refractivity contribution is 8.00. The number of thioether (sulfide) groups is 1. The van der Waals surface area contributed by atoms with Gasteiger partial charge in [-0.2, -0.15) is 5.10 Å². The van der Waals surface area contributed by atoms with E-state index in [1.807, 2.05) is 13.8 Å². The number of amides is 1. The molecule has 0 radical (unpaired) electrons. The third-order valence-corrected chi connectivity index (χ3v) is 4.99. The van der Waals surface area contributed by atoms with Gasteiger partial charge in [0, 0.05) is 23.2 Å². The smallest absolute Gasteiger partial charge is 0.235 e. The third kappa shape index (κ3) is 2.93. The summed E-state index contributed by atoms with van der Waals surface area (Å²) >= 11 is 1.39. The average Bonchev–Trinajstić information content (AvgIpc) is 2.85. The van der Waals surface area contributed by atoms with Crippen molar-refractivity contribution in [2.45, 2.75) is 25.1 Å². The summed E-state index contributed by atoms with van der Waals surface area (Å²) in [6.07, 6.45) is 1.71. The SMILES string of the molecule is COc1ccc([C@@H]2SCC(=O)Nc3c2cnn3C(C)C)c(F)c1. The summed E-state index contributed by atoms with van der Waals surface area (Å²) in [4.78, 5) is 12.0. The number of hydrogen-bond acceptors (Lipinski definition) is 4. The van der Waals surface area contributed by atoms with Gasteiger partial charge in [0.2, 0.25) is 5.91 Å². The molecule has 0 unspecified atom stereocenters. The second kappa shape index (κ2) is 6.23. The van der Waals surface area contributed by atoms with Gasteiger partial charge in [-0.1, -0.05) is 6.07 Å². The highest BCUT2D eigenvalue weighted by atomic mass is 32.2. The Labute approximate surface area is 138 Å². The number of aromatic nitrogens is 2. The maximum Gasteiger partial charge on any atom is 0.235 e. The summed E-state index contributed by atoms with van der Waals surface area (Å²) in [5.74, 6) is 0.935. The molecular weight excluding hydrogens is 317 g/mol. The van der Waals surface area contributed by atoms with Crippen molar-refractivity contribution >= 4 is 23.5 Å². The van der Waals surface area contributed by atoms with Crippen molar-refractivity contribution in [3.05, 3.63) is 41.3 Å². The highest BCUT2D eigenvalue weighted by Crippen LogP contribution is 2.43. The lowest BCUT2D eigenvalue weighted by Crippen LogP contribution is -2.17. The maximum absolute atomic E-state index is 14.5. The minimum atomic E-state index is -0.348. The molecular formula is C16H18FN3O2S. The highest BCUT2D eigenvalue weighted by Gasteiger charge is 2.30. The zero-order valence-corrected chi connectivity index (χ0v) is 14.0. The van der Waals surface area contributed by atoms with Gasteiger partial charge in [-0.25, -0.2) is 9.07 Å². The van der Waals surface area contributed by atoms with E-state index in [1.165, 1.54) is 24.9 Å². The van der Waals surface area contributed by atoms with Crippen LogP contribution in [0.5, 0.6) is 5.75 Å². The zero-order valence-electron chi connectivity index (χ0n) is 13.2. The van der Waals surface area contributed by atoms with Crippen LogP contribution < -0.4 is 10.1 Å².